The topological polar surface area (TPSA) is 55.2 Å². The normalized spacial score (nSPS) is 12.0. The van der Waals surface area contributed by atoms with Crippen LogP contribution in [0.1, 0.15) is 48.9 Å². The van der Waals surface area contributed by atoms with Crippen LogP contribution in [0.2, 0.25) is 0 Å². The minimum Gasteiger partial charge on any atom is -0.329 e. The van der Waals surface area contributed by atoms with Crippen molar-refractivity contribution >= 4 is 32.7 Å². The first-order valence-electron chi connectivity index (χ1n) is 11.2. The Morgan fingerprint density at radius 3 is 2.53 bits per heavy atom. The molecule has 3 aromatic carbocycles. The molecule has 0 spiro atoms. The Morgan fingerprint density at radius 1 is 1.09 bits per heavy atom. The molecule has 0 fully saturated rings. The lowest BCUT2D eigenvalue weighted by molar-refractivity contribution is 0.0677. The monoisotopic (exact) mass is 521 g/mol. The van der Waals surface area contributed by atoms with E-state index in [4.69, 9.17) is 4.98 Å². The molecule has 7 heteroatoms. The van der Waals surface area contributed by atoms with Gasteiger partial charge in [0.2, 0.25) is 0 Å². The van der Waals surface area contributed by atoms with Crippen molar-refractivity contribution in [1.29, 1.82) is 0 Å². The highest BCUT2D eigenvalue weighted by Crippen LogP contribution is 2.26. The van der Waals surface area contributed by atoms with E-state index < -0.39 is 11.9 Å². The molecule has 0 bridgehead atoms. The van der Waals surface area contributed by atoms with E-state index in [0.717, 1.165) is 17.3 Å². The number of nitrogens with zero attached hydrogens (tertiary/aromatic N) is 3. The van der Waals surface area contributed by atoms with E-state index in [2.05, 4.69) is 15.9 Å². The molecular weight excluding hydrogens is 497 g/mol. The number of aromatic nitrogens is 2. The van der Waals surface area contributed by atoms with Gasteiger partial charge in [-0.3, -0.25) is 14.2 Å². The highest BCUT2D eigenvalue weighted by Gasteiger charge is 2.27. The molecule has 5 nitrogen and oxygen atoms in total. The maximum absolute atomic E-state index is 13.9. The van der Waals surface area contributed by atoms with Gasteiger partial charge in [0, 0.05) is 16.6 Å². The first kappa shape index (κ1) is 23.8. The molecule has 1 heterocycles. The number of halogens is 2. The largest absolute Gasteiger partial charge is 0.329 e. The maximum atomic E-state index is 13.9. The second kappa shape index (κ2) is 10.3. The average Bonchev–Trinajstić information content (AvgIpc) is 2.84. The molecule has 0 N–H and O–H groups in total. The van der Waals surface area contributed by atoms with Crippen molar-refractivity contribution in [2.24, 2.45) is 0 Å². The Labute approximate surface area is 206 Å². The summed E-state index contributed by atoms with van der Waals surface area (Å²) in [5, 5.41) is 0.498. The van der Waals surface area contributed by atoms with Crippen LogP contribution in [0.15, 0.2) is 82.1 Å². The average molecular weight is 522 g/mol. The van der Waals surface area contributed by atoms with Gasteiger partial charge >= 0.3 is 0 Å². The number of fused-ring (bicyclic) bond motifs is 1. The van der Waals surface area contributed by atoms with Crippen molar-refractivity contribution in [3.05, 3.63) is 105 Å². The van der Waals surface area contributed by atoms with E-state index in [1.54, 1.807) is 27.7 Å². The van der Waals surface area contributed by atoms with Crippen LogP contribution >= 0.6 is 15.9 Å². The summed E-state index contributed by atoms with van der Waals surface area (Å²) in [6.07, 6.45) is 1.64. The van der Waals surface area contributed by atoms with Gasteiger partial charge in [-0.05, 0) is 67.9 Å². The van der Waals surface area contributed by atoms with Gasteiger partial charge in [-0.15, -0.1) is 0 Å². The van der Waals surface area contributed by atoms with Crippen LogP contribution in [0.4, 0.5) is 4.39 Å². The lowest BCUT2D eigenvalue weighted by Crippen LogP contribution is -2.38. The number of para-hydroxylation sites is 1. The van der Waals surface area contributed by atoms with Gasteiger partial charge in [0.1, 0.15) is 11.6 Å². The second-order valence-electron chi connectivity index (χ2n) is 8.14. The first-order valence-corrected chi connectivity index (χ1v) is 12.0. The fourth-order valence-corrected chi connectivity index (χ4v) is 4.26. The van der Waals surface area contributed by atoms with Crippen LogP contribution in [0.5, 0.6) is 0 Å². The summed E-state index contributed by atoms with van der Waals surface area (Å²) in [5.74, 6) is -0.318. The van der Waals surface area contributed by atoms with E-state index in [1.807, 2.05) is 50.2 Å². The maximum Gasteiger partial charge on any atom is 0.266 e. The molecule has 0 aliphatic rings. The number of amides is 1. The van der Waals surface area contributed by atoms with E-state index in [1.165, 1.54) is 18.2 Å². The molecule has 0 aliphatic carbocycles. The SMILES string of the molecule is CCCCN(C(=O)c1cccc(F)c1)C(C)c1nc2ccccc2c(=O)n1-c1ccc(Br)cc1. The lowest BCUT2D eigenvalue weighted by atomic mass is 10.1. The summed E-state index contributed by atoms with van der Waals surface area (Å²) in [4.78, 5) is 33.6. The van der Waals surface area contributed by atoms with E-state index in [-0.39, 0.29) is 17.0 Å². The van der Waals surface area contributed by atoms with Crippen molar-refractivity contribution in [2.45, 2.75) is 32.7 Å². The van der Waals surface area contributed by atoms with Gasteiger partial charge in [-0.2, -0.15) is 0 Å². The first-order chi connectivity index (χ1) is 16.4. The van der Waals surface area contributed by atoms with Crippen LogP contribution in [-0.2, 0) is 0 Å². The summed E-state index contributed by atoms with van der Waals surface area (Å²) in [6.45, 7) is 4.36. The van der Waals surface area contributed by atoms with Crippen LogP contribution in [0, 0.1) is 5.82 Å². The molecule has 1 aromatic heterocycles. The van der Waals surface area contributed by atoms with Crippen LogP contribution in [0.25, 0.3) is 16.6 Å². The van der Waals surface area contributed by atoms with Gasteiger partial charge in [-0.1, -0.05) is 47.5 Å². The quantitative estimate of drug-likeness (QED) is 0.287. The zero-order valence-electron chi connectivity index (χ0n) is 19.0. The third-order valence-electron chi connectivity index (χ3n) is 5.81. The summed E-state index contributed by atoms with van der Waals surface area (Å²) >= 11 is 3.44. The van der Waals surface area contributed by atoms with Crippen molar-refractivity contribution in [2.75, 3.05) is 6.54 Å². The lowest BCUT2D eigenvalue weighted by Gasteiger charge is -2.30. The van der Waals surface area contributed by atoms with Crippen molar-refractivity contribution in [1.82, 2.24) is 14.5 Å². The van der Waals surface area contributed by atoms with Gasteiger partial charge in [0.15, 0.2) is 0 Å². The summed E-state index contributed by atoms with van der Waals surface area (Å²) < 4.78 is 16.3. The van der Waals surface area contributed by atoms with Crippen molar-refractivity contribution < 1.29 is 9.18 Å². The van der Waals surface area contributed by atoms with Gasteiger partial charge in [-0.25, -0.2) is 9.37 Å². The molecule has 0 saturated carbocycles. The van der Waals surface area contributed by atoms with Gasteiger partial charge in [0.25, 0.3) is 11.5 Å². The highest BCUT2D eigenvalue weighted by atomic mass is 79.9. The van der Waals surface area contributed by atoms with Gasteiger partial charge in [0.05, 0.1) is 22.6 Å². The minimum atomic E-state index is -0.539. The molecule has 0 saturated heterocycles. The number of hydrogen-bond donors (Lipinski definition) is 0. The molecule has 4 aromatic rings. The summed E-state index contributed by atoms with van der Waals surface area (Å²) in [6, 6.07) is 19.7. The third-order valence-corrected chi connectivity index (χ3v) is 6.34. The number of rotatable bonds is 7. The zero-order chi connectivity index (χ0) is 24.2. The van der Waals surface area contributed by atoms with E-state index in [9.17, 15) is 14.0 Å². The fourth-order valence-electron chi connectivity index (χ4n) is 4.00. The Hall–Kier alpha value is -3.32. The molecule has 1 unspecified atom stereocenters. The van der Waals surface area contributed by atoms with Gasteiger partial charge < -0.3 is 4.90 Å². The Morgan fingerprint density at radius 2 is 1.82 bits per heavy atom. The molecule has 1 atom stereocenters. The smallest absolute Gasteiger partial charge is 0.266 e. The van der Waals surface area contributed by atoms with Crippen molar-refractivity contribution in [3.8, 4) is 5.69 Å². The fraction of sp³-hybridized carbons (Fsp3) is 0.222. The summed E-state index contributed by atoms with van der Waals surface area (Å²) in [7, 11) is 0. The standard InChI is InChI=1S/C27H25BrFN3O2/c1-3-4-16-31(26(33)19-8-7-9-21(29)17-19)18(2)25-30-24-11-6-5-10-23(24)27(34)32(25)22-14-12-20(28)13-15-22/h5-15,17-18H,3-4,16H2,1-2H3. The third kappa shape index (κ3) is 4.80. The number of carbonyl (C=O) groups excluding carboxylic acids is 1. The Bertz CT molecular complexity index is 1390. The van der Waals surface area contributed by atoms with Crippen LogP contribution in [-0.4, -0.2) is 26.9 Å². The molecule has 174 valence electrons. The van der Waals surface area contributed by atoms with Crippen LogP contribution < -0.4 is 5.56 Å². The van der Waals surface area contributed by atoms with E-state index >= 15 is 0 Å². The van der Waals surface area contributed by atoms with Crippen LogP contribution in [0.3, 0.4) is 0 Å². The predicted octanol–water partition coefficient (Wildman–Crippen LogP) is 6.29. The predicted molar refractivity (Wildman–Crippen MR) is 136 cm³/mol. The zero-order valence-corrected chi connectivity index (χ0v) is 20.6. The molecule has 1 amide bonds. The number of benzene rings is 3. The molecule has 34 heavy (non-hydrogen) atoms. The minimum absolute atomic E-state index is 0.205. The number of unbranched alkanes of at least 4 members (excludes halogenated alkanes) is 1. The molecule has 0 aliphatic heterocycles. The molecule has 4 rings (SSSR count). The Kier molecular flexibility index (Phi) is 7.22. The Balaban J connectivity index is 1.90. The summed E-state index contributed by atoms with van der Waals surface area (Å²) in [5.41, 5.74) is 1.28. The van der Waals surface area contributed by atoms with Crippen molar-refractivity contribution in [3.63, 3.8) is 0 Å². The molecule has 0 radical (unpaired) electrons. The highest BCUT2D eigenvalue weighted by molar-refractivity contribution is 9.10. The number of carbonyl (C=O) groups is 1. The second-order valence-corrected chi connectivity index (χ2v) is 9.06. The number of hydrogen-bond acceptors (Lipinski definition) is 3. The molecular formula is C27H25BrFN3O2. The van der Waals surface area contributed by atoms with E-state index in [0.29, 0.717) is 29.0 Å².